The van der Waals surface area contributed by atoms with E-state index in [2.05, 4.69) is 0 Å². The molecule has 0 heterocycles. The van der Waals surface area contributed by atoms with Crippen LogP contribution in [0.25, 0.3) is 0 Å². The van der Waals surface area contributed by atoms with Crippen molar-refractivity contribution in [3.05, 3.63) is 35.4 Å². The van der Waals surface area contributed by atoms with Crippen LogP contribution in [-0.2, 0) is 0 Å². The van der Waals surface area contributed by atoms with Crippen LogP contribution in [-0.4, -0.2) is 5.78 Å². The van der Waals surface area contributed by atoms with Gasteiger partial charge in [0.05, 0.1) is 0 Å². The Balaban J connectivity index is 1.63. The molecule has 4 bridgehead atoms. The van der Waals surface area contributed by atoms with Crippen molar-refractivity contribution in [1.29, 1.82) is 0 Å². The first-order chi connectivity index (χ1) is 9.61. The lowest BCUT2D eigenvalue weighted by molar-refractivity contribution is -0.0251. The van der Waals surface area contributed by atoms with Crippen LogP contribution >= 0.6 is 0 Å². The Bertz CT molecular complexity index is 538. The summed E-state index contributed by atoms with van der Waals surface area (Å²) in [4.78, 5) is 12.7. The van der Waals surface area contributed by atoms with Gasteiger partial charge in [0.25, 0.3) is 0 Å². The summed E-state index contributed by atoms with van der Waals surface area (Å²) >= 11 is 0. The highest BCUT2D eigenvalue weighted by atomic mass is 19.2. The van der Waals surface area contributed by atoms with Crippen molar-refractivity contribution >= 4 is 5.78 Å². The molecule has 0 radical (unpaired) electrons. The normalized spacial score (nSPS) is 38.2. The van der Waals surface area contributed by atoms with E-state index in [1.807, 2.05) is 0 Å². The molecule has 4 aliphatic carbocycles. The summed E-state index contributed by atoms with van der Waals surface area (Å²) in [6.45, 7) is 0. The molecule has 3 heteroatoms. The molecule has 20 heavy (non-hydrogen) atoms. The molecule has 106 valence electrons. The first-order valence-electron chi connectivity index (χ1n) is 7.61. The molecule has 0 spiro atoms. The van der Waals surface area contributed by atoms with Gasteiger partial charge in [0.2, 0.25) is 0 Å². The lowest BCUT2D eigenvalue weighted by Crippen LogP contribution is -2.48. The topological polar surface area (TPSA) is 17.1 Å². The Hall–Kier alpha value is -1.25. The molecule has 1 aromatic rings. The third-order valence-corrected chi connectivity index (χ3v) is 5.73. The van der Waals surface area contributed by atoms with Crippen molar-refractivity contribution in [3.63, 3.8) is 0 Å². The van der Waals surface area contributed by atoms with E-state index in [0.29, 0.717) is 17.4 Å². The third-order valence-electron chi connectivity index (χ3n) is 5.73. The molecule has 1 nitrogen and oxygen atoms in total. The second-order valence-electron chi connectivity index (χ2n) is 6.95. The van der Waals surface area contributed by atoms with Gasteiger partial charge in [-0.15, -0.1) is 0 Å². The minimum Gasteiger partial charge on any atom is -0.294 e. The van der Waals surface area contributed by atoms with Crippen LogP contribution in [0.5, 0.6) is 0 Å². The lowest BCUT2D eigenvalue weighted by atomic mass is 9.51. The molecular weight excluding hydrogens is 258 g/mol. The van der Waals surface area contributed by atoms with Gasteiger partial charge in [-0.2, -0.15) is 0 Å². The van der Waals surface area contributed by atoms with E-state index >= 15 is 0 Å². The first kappa shape index (κ1) is 12.5. The van der Waals surface area contributed by atoms with Gasteiger partial charge in [-0.1, -0.05) is 0 Å². The molecule has 5 rings (SSSR count). The third kappa shape index (κ3) is 1.82. The van der Waals surface area contributed by atoms with E-state index in [9.17, 15) is 13.6 Å². The number of rotatable bonds is 2. The summed E-state index contributed by atoms with van der Waals surface area (Å²) in [6.07, 6.45) is 5.99. The second kappa shape index (κ2) is 4.37. The van der Waals surface area contributed by atoms with Crippen molar-refractivity contribution in [1.82, 2.24) is 0 Å². The van der Waals surface area contributed by atoms with E-state index < -0.39 is 11.6 Å². The first-order valence-corrected chi connectivity index (χ1v) is 7.61. The summed E-state index contributed by atoms with van der Waals surface area (Å²) < 4.78 is 26.3. The molecule has 0 saturated heterocycles. The van der Waals surface area contributed by atoms with Crippen LogP contribution in [0.4, 0.5) is 8.78 Å². The molecule has 4 fully saturated rings. The van der Waals surface area contributed by atoms with Gasteiger partial charge in [0.15, 0.2) is 17.4 Å². The molecule has 0 aliphatic heterocycles. The van der Waals surface area contributed by atoms with Gasteiger partial charge >= 0.3 is 0 Å². The van der Waals surface area contributed by atoms with Crippen LogP contribution in [0.15, 0.2) is 18.2 Å². The largest absolute Gasteiger partial charge is 0.294 e. The Morgan fingerprint density at radius 2 is 1.50 bits per heavy atom. The van der Waals surface area contributed by atoms with Crippen molar-refractivity contribution in [3.8, 4) is 0 Å². The van der Waals surface area contributed by atoms with Gasteiger partial charge in [-0.25, -0.2) is 8.78 Å². The predicted octanol–water partition coefficient (Wildman–Crippen LogP) is 4.22. The minimum atomic E-state index is -0.917. The average molecular weight is 276 g/mol. The molecule has 4 saturated carbocycles. The van der Waals surface area contributed by atoms with Gasteiger partial charge in [-0.05, 0) is 74.0 Å². The SMILES string of the molecule is O=C(c1ccc(F)c(F)c1)C1C2CC3CC(C2)CC1C3. The van der Waals surface area contributed by atoms with Gasteiger partial charge in [0, 0.05) is 11.5 Å². The van der Waals surface area contributed by atoms with E-state index in [0.717, 1.165) is 49.7 Å². The van der Waals surface area contributed by atoms with Gasteiger partial charge in [-0.3, -0.25) is 4.79 Å². The predicted molar refractivity (Wildman–Crippen MR) is 71.2 cm³/mol. The molecule has 1 aromatic carbocycles. The minimum absolute atomic E-state index is 0.0395. The molecule has 0 N–H and O–H groups in total. The molecule has 4 aliphatic rings. The summed E-state index contributed by atoms with van der Waals surface area (Å²) in [7, 11) is 0. The number of carbonyl (C=O) groups is 1. The standard InChI is InChI=1S/C17H18F2O/c18-14-2-1-11(8-15(14)19)17(20)16-12-4-9-3-10(6-12)7-13(16)5-9/h1-2,8-10,12-13,16H,3-7H2. The van der Waals surface area contributed by atoms with Crippen molar-refractivity contribution in [2.24, 2.45) is 29.6 Å². The zero-order valence-corrected chi connectivity index (χ0v) is 11.3. The Labute approximate surface area is 117 Å². The number of ketones is 1. The Morgan fingerprint density at radius 1 is 0.900 bits per heavy atom. The van der Waals surface area contributed by atoms with E-state index in [1.165, 1.54) is 12.5 Å². The zero-order valence-electron chi connectivity index (χ0n) is 11.3. The molecule has 0 unspecified atom stereocenters. The van der Waals surface area contributed by atoms with Gasteiger partial charge < -0.3 is 0 Å². The fraction of sp³-hybridized carbons (Fsp3) is 0.588. The molecule has 0 atom stereocenters. The Morgan fingerprint density at radius 3 is 2.05 bits per heavy atom. The maximum Gasteiger partial charge on any atom is 0.166 e. The smallest absolute Gasteiger partial charge is 0.166 e. The van der Waals surface area contributed by atoms with Gasteiger partial charge in [0.1, 0.15) is 0 Å². The maximum atomic E-state index is 13.3. The number of halogens is 2. The van der Waals surface area contributed by atoms with E-state index in [-0.39, 0.29) is 11.7 Å². The highest BCUT2D eigenvalue weighted by molar-refractivity contribution is 5.98. The number of benzene rings is 1. The van der Waals surface area contributed by atoms with Crippen molar-refractivity contribution in [2.75, 3.05) is 0 Å². The number of hydrogen-bond acceptors (Lipinski definition) is 1. The highest BCUT2D eigenvalue weighted by Crippen LogP contribution is 2.57. The number of Topliss-reactive ketones (excluding diaryl/α,β-unsaturated/α-hetero) is 1. The fourth-order valence-electron chi connectivity index (χ4n) is 5.20. The van der Waals surface area contributed by atoms with Crippen LogP contribution in [0, 0.1) is 41.2 Å². The molecule has 0 amide bonds. The van der Waals surface area contributed by atoms with E-state index in [1.54, 1.807) is 0 Å². The van der Waals surface area contributed by atoms with Crippen molar-refractivity contribution < 1.29 is 13.6 Å². The highest BCUT2D eigenvalue weighted by Gasteiger charge is 2.50. The maximum absolute atomic E-state index is 13.3. The zero-order chi connectivity index (χ0) is 13.9. The summed E-state index contributed by atoms with van der Waals surface area (Å²) in [5.74, 6) is 0.869. The Kier molecular flexibility index (Phi) is 2.73. The number of hydrogen-bond donors (Lipinski definition) is 0. The van der Waals surface area contributed by atoms with Crippen LogP contribution in [0.3, 0.4) is 0 Å². The van der Waals surface area contributed by atoms with E-state index in [4.69, 9.17) is 0 Å². The quantitative estimate of drug-likeness (QED) is 0.739. The average Bonchev–Trinajstić information content (AvgIpc) is 2.40. The van der Waals surface area contributed by atoms with Crippen LogP contribution in [0.2, 0.25) is 0 Å². The summed E-state index contributed by atoms with van der Waals surface area (Å²) in [5.41, 5.74) is 0.348. The molecular formula is C17H18F2O. The van der Waals surface area contributed by atoms with Crippen LogP contribution < -0.4 is 0 Å². The van der Waals surface area contributed by atoms with Crippen LogP contribution in [0.1, 0.15) is 42.5 Å². The fourth-order valence-corrected chi connectivity index (χ4v) is 5.20. The number of carbonyl (C=O) groups excluding carboxylic acids is 1. The summed E-state index contributed by atoms with van der Waals surface area (Å²) in [5, 5.41) is 0. The van der Waals surface area contributed by atoms with Crippen molar-refractivity contribution in [2.45, 2.75) is 32.1 Å². The monoisotopic (exact) mass is 276 g/mol. The summed E-state index contributed by atoms with van der Waals surface area (Å²) in [6, 6.07) is 3.58. The second-order valence-corrected chi connectivity index (χ2v) is 6.95. The lowest BCUT2D eigenvalue weighted by Gasteiger charge is -2.53. The molecule has 0 aromatic heterocycles.